The zero-order valence-electron chi connectivity index (χ0n) is 18.7. The number of nitrogens with one attached hydrogen (secondary N) is 1. The first kappa shape index (κ1) is 24.3. The lowest BCUT2D eigenvalue weighted by Gasteiger charge is -2.38. The van der Waals surface area contributed by atoms with E-state index in [0.717, 1.165) is 18.9 Å². The van der Waals surface area contributed by atoms with Crippen molar-refractivity contribution in [3.63, 3.8) is 0 Å². The van der Waals surface area contributed by atoms with E-state index in [1.54, 1.807) is 6.92 Å². The number of halogens is 7. The number of aryl methyl sites for hydroxylation is 1. The van der Waals surface area contributed by atoms with E-state index in [1.807, 2.05) is 4.90 Å². The van der Waals surface area contributed by atoms with E-state index in [9.17, 15) is 30.7 Å². The maximum Gasteiger partial charge on any atom is 0.433 e. The molecule has 1 N–H and O–H groups in total. The molecule has 0 amide bonds. The number of rotatable bonds is 5. The van der Waals surface area contributed by atoms with Crippen LogP contribution >= 0.6 is 0 Å². The Balaban J connectivity index is 1.41. The number of nitrogens with zero attached hydrogens (tertiary/aromatic N) is 6. The van der Waals surface area contributed by atoms with Gasteiger partial charge in [-0.1, -0.05) is 0 Å². The molecule has 4 heterocycles. The molecule has 3 aromatic heterocycles. The zero-order valence-corrected chi connectivity index (χ0v) is 18.7. The summed E-state index contributed by atoms with van der Waals surface area (Å²) in [6.45, 7) is 0.747. The molecule has 1 saturated heterocycles. The lowest BCUT2D eigenvalue weighted by molar-refractivity contribution is -0.153. The van der Waals surface area contributed by atoms with E-state index < -0.39 is 41.9 Å². The number of alkyl halides is 6. The number of aromatic nitrogens is 5. The molecule has 0 aromatic carbocycles. The second kappa shape index (κ2) is 8.62. The van der Waals surface area contributed by atoms with E-state index in [0.29, 0.717) is 23.7 Å². The molecule has 3 atom stereocenters. The fourth-order valence-electron chi connectivity index (χ4n) is 4.93. The Morgan fingerprint density at radius 1 is 1.06 bits per heavy atom. The smallest absolute Gasteiger partial charge is 0.433 e. The monoisotopic (exact) mass is 519 g/mol. The van der Waals surface area contributed by atoms with Crippen LogP contribution in [0.4, 0.5) is 42.5 Å². The minimum absolute atomic E-state index is 0.00642. The molecule has 5 rings (SSSR count). The van der Waals surface area contributed by atoms with E-state index in [2.05, 4.69) is 25.4 Å². The predicted molar refractivity (Wildman–Crippen MR) is 112 cm³/mol. The number of fused-ring (bicyclic) bond motifs is 3. The van der Waals surface area contributed by atoms with Gasteiger partial charge in [0.2, 0.25) is 5.95 Å². The molecule has 194 valence electrons. The Morgan fingerprint density at radius 2 is 1.75 bits per heavy atom. The molecule has 1 saturated carbocycles. The molecular weight excluding hydrogens is 499 g/mol. The largest absolute Gasteiger partial charge is 0.480 e. The Kier molecular flexibility index (Phi) is 5.82. The number of pyridine rings is 1. The fourth-order valence-corrected chi connectivity index (χ4v) is 4.93. The van der Waals surface area contributed by atoms with Crippen LogP contribution in [0.1, 0.15) is 24.2 Å². The third-order valence-corrected chi connectivity index (χ3v) is 6.50. The van der Waals surface area contributed by atoms with Crippen LogP contribution in [0, 0.1) is 24.6 Å². The molecular formula is C21H20F7N7O. The first-order chi connectivity index (χ1) is 16.9. The Morgan fingerprint density at radius 3 is 2.39 bits per heavy atom. The number of hydrogen-bond donors (Lipinski definition) is 1. The Labute approximate surface area is 199 Å². The third kappa shape index (κ3) is 4.57. The molecule has 36 heavy (non-hydrogen) atoms. The van der Waals surface area contributed by atoms with Crippen LogP contribution in [0.2, 0.25) is 0 Å². The average Bonchev–Trinajstić information content (AvgIpc) is 3.29. The highest BCUT2D eigenvalue weighted by Gasteiger charge is 2.44. The highest BCUT2D eigenvalue weighted by molar-refractivity contribution is 5.57. The summed E-state index contributed by atoms with van der Waals surface area (Å²) in [7, 11) is 0. The number of ether oxygens (including phenoxy) is 1. The van der Waals surface area contributed by atoms with E-state index in [1.165, 1.54) is 6.33 Å². The van der Waals surface area contributed by atoms with Gasteiger partial charge in [0.25, 0.3) is 0 Å². The second-order valence-corrected chi connectivity index (χ2v) is 8.92. The van der Waals surface area contributed by atoms with Gasteiger partial charge in [0.05, 0.1) is 5.69 Å². The average molecular weight is 519 g/mol. The van der Waals surface area contributed by atoms with Crippen LogP contribution < -0.4 is 15.0 Å². The summed E-state index contributed by atoms with van der Waals surface area (Å²) in [5, 5.41) is 6.96. The fraction of sp³-hybridized carbons (Fsp3) is 0.524. The summed E-state index contributed by atoms with van der Waals surface area (Å²) in [6, 6.07) is 1.17. The van der Waals surface area contributed by atoms with Crippen LogP contribution in [0.3, 0.4) is 0 Å². The van der Waals surface area contributed by atoms with Gasteiger partial charge in [-0.3, -0.25) is 0 Å². The van der Waals surface area contributed by atoms with Crippen molar-refractivity contribution in [3.05, 3.63) is 35.7 Å². The third-order valence-electron chi connectivity index (χ3n) is 6.50. The quantitative estimate of drug-likeness (QED) is 0.505. The summed E-state index contributed by atoms with van der Waals surface area (Å²) >= 11 is 0. The van der Waals surface area contributed by atoms with Crippen molar-refractivity contribution in [1.82, 2.24) is 24.6 Å². The van der Waals surface area contributed by atoms with Crippen molar-refractivity contribution in [2.45, 2.75) is 38.2 Å². The molecule has 1 aliphatic heterocycles. The molecule has 8 nitrogen and oxygen atoms in total. The van der Waals surface area contributed by atoms with Crippen LogP contribution in [-0.2, 0) is 6.18 Å². The number of anilines is 2. The maximum absolute atomic E-state index is 14.6. The van der Waals surface area contributed by atoms with Gasteiger partial charge in [-0.2, -0.15) is 31.3 Å². The van der Waals surface area contributed by atoms with E-state index in [4.69, 9.17) is 4.74 Å². The molecule has 0 unspecified atom stereocenters. The van der Waals surface area contributed by atoms with Gasteiger partial charge in [-0.15, -0.1) is 5.10 Å². The molecule has 3 aromatic rings. The van der Waals surface area contributed by atoms with Crippen LogP contribution in [0.15, 0.2) is 18.5 Å². The number of piperidine rings is 1. The van der Waals surface area contributed by atoms with Gasteiger partial charge in [-0.05, 0) is 43.7 Å². The van der Waals surface area contributed by atoms with Crippen molar-refractivity contribution in [1.29, 1.82) is 0 Å². The van der Waals surface area contributed by atoms with Gasteiger partial charge < -0.3 is 15.0 Å². The number of hydrogen-bond acceptors (Lipinski definition) is 7. The maximum atomic E-state index is 14.6. The SMILES string of the molecule is Cc1ncnc(N2C[C@H]3CC[C@@H](C2)[C@@H]3Nc2nc3c(OCC(F)(F)F)ccc(C(F)(F)F)n3n2)c1F. The minimum Gasteiger partial charge on any atom is -0.480 e. The molecule has 0 spiro atoms. The van der Waals surface area contributed by atoms with Crippen LogP contribution in [0.25, 0.3) is 5.65 Å². The van der Waals surface area contributed by atoms with Gasteiger partial charge in [0.1, 0.15) is 12.0 Å². The van der Waals surface area contributed by atoms with Crippen molar-refractivity contribution >= 4 is 17.4 Å². The normalized spacial score (nSPS) is 22.3. The van der Waals surface area contributed by atoms with Gasteiger partial charge in [0.15, 0.2) is 29.6 Å². The molecule has 0 radical (unpaired) electrons. The second-order valence-electron chi connectivity index (χ2n) is 8.92. The zero-order chi connectivity index (χ0) is 25.8. The molecule has 2 fully saturated rings. The first-order valence-electron chi connectivity index (χ1n) is 11.1. The predicted octanol–water partition coefficient (Wildman–Crippen LogP) is 4.25. The van der Waals surface area contributed by atoms with Gasteiger partial charge in [0, 0.05) is 19.1 Å². The lowest BCUT2D eigenvalue weighted by Crippen LogP contribution is -2.48. The summed E-state index contributed by atoms with van der Waals surface area (Å²) in [5.74, 6) is -0.959. The van der Waals surface area contributed by atoms with Crippen molar-refractivity contribution in [2.24, 2.45) is 11.8 Å². The summed E-state index contributed by atoms with van der Waals surface area (Å²) in [5.41, 5.74) is -1.46. The first-order valence-corrected chi connectivity index (χ1v) is 11.1. The highest BCUT2D eigenvalue weighted by Crippen LogP contribution is 2.40. The van der Waals surface area contributed by atoms with Gasteiger partial charge >= 0.3 is 12.4 Å². The molecule has 2 bridgehead atoms. The summed E-state index contributed by atoms with van der Waals surface area (Å²) < 4.78 is 98.1. The highest BCUT2D eigenvalue weighted by atomic mass is 19.4. The molecule has 2 aliphatic rings. The van der Waals surface area contributed by atoms with Crippen molar-refractivity contribution in [3.8, 4) is 5.75 Å². The van der Waals surface area contributed by atoms with Crippen LogP contribution in [0.5, 0.6) is 5.75 Å². The van der Waals surface area contributed by atoms with E-state index in [-0.39, 0.29) is 35.3 Å². The molecule has 15 heteroatoms. The van der Waals surface area contributed by atoms with Crippen molar-refractivity contribution < 1.29 is 35.5 Å². The van der Waals surface area contributed by atoms with Crippen LogP contribution in [-0.4, -0.2) is 56.5 Å². The molecule has 1 aliphatic carbocycles. The topological polar surface area (TPSA) is 80.5 Å². The van der Waals surface area contributed by atoms with Crippen molar-refractivity contribution in [2.75, 3.05) is 29.9 Å². The van der Waals surface area contributed by atoms with E-state index >= 15 is 0 Å². The lowest BCUT2D eigenvalue weighted by atomic mass is 9.92. The Bertz CT molecular complexity index is 1260. The standard InChI is InChI=1S/C21H20F7N7O/c1-10-15(22)18(30-9-29-10)34-6-11-2-3-12(7-34)16(11)31-19-32-17-13(36-8-20(23,24)25)4-5-14(21(26,27)28)35(17)33-19/h4-5,9,11-12,16H,2-3,6-8H2,1H3,(H,31,33)/t11-,12+,16-. The Hall–Kier alpha value is -3.39. The van der Waals surface area contributed by atoms with Gasteiger partial charge in [-0.25, -0.2) is 18.9 Å². The minimum atomic E-state index is -4.82. The summed E-state index contributed by atoms with van der Waals surface area (Å²) in [4.78, 5) is 13.8. The summed E-state index contributed by atoms with van der Waals surface area (Å²) in [6.07, 6.45) is -6.65.